The number of amidine groups is 1. The molecule has 1 aliphatic heterocycles. The summed E-state index contributed by atoms with van der Waals surface area (Å²) in [7, 11) is 0. The van der Waals surface area contributed by atoms with Crippen molar-refractivity contribution < 1.29 is 4.79 Å². The van der Waals surface area contributed by atoms with Crippen LogP contribution in [0.3, 0.4) is 0 Å². The Hall–Kier alpha value is -3.97. The fourth-order valence-electron chi connectivity index (χ4n) is 4.33. The summed E-state index contributed by atoms with van der Waals surface area (Å²) in [6, 6.07) is 20.1. The second kappa shape index (κ2) is 8.52. The molecule has 166 valence electrons. The van der Waals surface area contributed by atoms with Crippen LogP contribution in [0.4, 0.5) is 5.69 Å². The van der Waals surface area contributed by atoms with Gasteiger partial charge >= 0.3 is 0 Å². The van der Waals surface area contributed by atoms with Gasteiger partial charge in [-0.15, -0.1) is 0 Å². The number of primary amides is 1. The molecule has 1 aromatic heterocycles. The van der Waals surface area contributed by atoms with E-state index in [0.717, 1.165) is 52.8 Å². The predicted octanol–water partition coefficient (Wildman–Crippen LogP) is 4.04. The van der Waals surface area contributed by atoms with Crippen LogP contribution in [0.15, 0.2) is 65.7 Å². The lowest BCUT2D eigenvalue weighted by atomic mass is 10.0. The number of aliphatic imine (C=N–C) groups is 1. The molecule has 1 atom stereocenters. The lowest BCUT2D eigenvalue weighted by Crippen LogP contribution is -2.36. The highest BCUT2D eigenvalue weighted by molar-refractivity contribution is 6.05. The van der Waals surface area contributed by atoms with E-state index in [-0.39, 0.29) is 6.04 Å². The molecule has 1 aliphatic rings. The maximum atomic E-state index is 11.8. The molecule has 0 bridgehead atoms. The summed E-state index contributed by atoms with van der Waals surface area (Å²) in [6.45, 7) is 2.92. The number of nitrogens with zero attached hydrogens (tertiary/aromatic N) is 2. The van der Waals surface area contributed by atoms with Crippen molar-refractivity contribution in [3.05, 3.63) is 71.8 Å². The van der Waals surface area contributed by atoms with Gasteiger partial charge in [-0.05, 0) is 67.3 Å². The van der Waals surface area contributed by atoms with Crippen LogP contribution in [-0.4, -0.2) is 34.3 Å². The third-order valence-corrected chi connectivity index (χ3v) is 6.01. The molecule has 1 saturated heterocycles. The van der Waals surface area contributed by atoms with Gasteiger partial charge in [0.25, 0.3) is 5.91 Å². The van der Waals surface area contributed by atoms with Gasteiger partial charge in [0.1, 0.15) is 17.2 Å². The Bertz CT molecular complexity index is 1360. The summed E-state index contributed by atoms with van der Waals surface area (Å²) >= 11 is 0. The lowest BCUT2D eigenvalue weighted by Gasteiger charge is -2.10. The number of nitrogens with two attached hydrogens (primary N) is 2. The van der Waals surface area contributed by atoms with E-state index in [0.29, 0.717) is 22.7 Å². The van der Waals surface area contributed by atoms with E-state index >= 15 is 0 Å². The van der Waals surface area contributed by atoms with Crippen molar-refractivity contribution in [2.75, 3.05) is 6.54 Å². The normalized spacial score (nSPS) is 16.4. The Balaban J connectivity index is 1.43. The highest BCUT2D eigenvalue weighted by Crippen LogP contribution is 2.28. The van der Waals surface area contributed by atoms with Gasteiger partial charge in [-0.1, -0.05) is 36.4 Å². The number of nitrogens with one attached hydrogen (secondary N) is 2. The number of fused-ring (bicyclic) bond motifs is 1. The van der Waals surface area contributed by atoms with Gasteiger partial charge in [0.2, 0.25) is 0 Å². The van der Waals surface area contributed by atoms with E-state index < -0.39 is 5.91 Å². The van der Waals surface area contributed by atoms with E-state index in [1.807, 2.05) is 55.5 Å². The smallest absolute Gasteiger partial charge is 0.250 e. The van der Waals surface area contributed by atoms with E-state index in [1.165, 1.54) is 0 Å². The zero-order valence-corrected chi connectivity index (χ0v) is 18.4. The van der Waals surface area contributed by atoms with Crippen molar-refractivity contribution in [1.29, 1.82) is 0 Å². The second-order valence-corrected chi connectivity index (χ2v) is 8.47. The zero-order chi connectivity index (χ0) is 22.9. The van der Waals surface area contributed by atoms with Gasteiger partial charge in [0.15, 0.2) is 0 Å². The summed E-state index contributed by atoms with van der Waals surface area (Å²) in [4.78, 5) is 24.4. The maximum absolute atomic E-state index is 11.8. The van der Waals surface area contributed by atoms with Crippen LogP contribution in [0.5, 0.6) is 0 Å². The van der Waals surface area contributed by atoms with Crippen molar-refractivity contribution in [2.45, 2.75) is 25.8 Å². The molecule has 5 rings (SSSR count). The molecule has 0 spiro atoms. The van der Waals surface area contributed by atoms with E-state index in [4.69, 9.17) is 11.5 Å². The Morgan fingerprint density at radius 1 is 1.03 bits per heavy atom. The molecule has 1 amide bonds. The largest absolute Gasteiger partial charge is 0.386 e. The van der Waals surface area contributed by atoms with Gasteiger partial charge in [-0.2, -0.15) is 0 Å². The third kappa shape index (κ3) is 4.23. The van der Waals surface area contributed by atoms with Gasteiger partial charge in [0.05, 0.1) is 22.8 Å². The maximum Gasteiger partial charge on any atom is 0.250 e. The first-order valence-corrected chi connectivity index (χ1v) is 11.1. The van der Waals surface area contributed by atoms with E-state index in [1.54, 1.807) is 6.07 Å². The Kier molecular flexibility index (Phi) is 5.40. The number of benzene rings is 3. The van der Waals surface area contributed by atoms with Crippen LogP contribution >= 0.6 is 0 Å². The number of carbonyl (C=O) groups is 1. The lowest BCUT2D eigenvalue weighted by molar-refractivity contribution is 0.100. The standard InChI is InChI=1S/C26H26N6O/c1-15-12-20(25(28)33)23-22(13-15)31-26(32-23)17-9-7-16(8-10-17)18-4-2-5-19(14-18)30-24(27)21-6-3-11-29-21/h2,4-5,7-10,12-14,21,29H,3,6,11H2,1H3,(H2,27,30)(H2,28,33)(H,31,32)/t21-/m0/s1. The molecule has 4 aromatic rings. The first-order valence-electron chi connectivity index (χ1n) is 11.1. The van der Waals surface area contributed by atoms with Crippen molar-refractivity contribution in [3.63, 3.8) is 0 Å². The minimum Gasteiger partial charge on any atom is -0.386 e. The van der Waals surface area contributed by atoms with Crippen LogP contribution in [0, 0.1) is 6.92 Å². The van der Waals surface area contributed by atoms with Crippen molar-refractivity contribution >= 4 is 28.5 Å². The number of carbonyl (C=O) groups excluding carboxylic acids is 1. The van der Waals surface area contributed by atoms with Gasteiger partial charge in [0, 0.05) is 5.56 Å². The molecule has 0 aliphatic carbocycles. The monoisotopic (exact) mass is 438 g/mol. The topological polar surface area (TPSA) is 122 Å². The summed E-state index contributed by atoms with van der Waals surface area (Å²) in [5.74, 6) is 0.847. The minimum absolute atomic E-state index is 0.163. The van der Waals surface area contributed by atoms with E-state index in [2.05, 4.69) is 26.3 Å². The third-order valence-electron chi connectivity index (χ3n) is 6.01. The summed E-state index contributed by atoms with van der Waals surface area (Å²) in [5.41, 5.74) is 18.4. The number of aromatic nitrogens is 2. The molecular weight excluding hydrogens is 412 g/mol. The molecule has 1 fully saturated rings. The van der Waals surface area contributed by atoms with E-state index in [9.17, 15) is 4.79 Å². The molecule has 0 radical (unpaired) electrons. The van der Waals surface area contributed by atoms with Crippen molar-refractivity contribution in [2.24, 2.45) is 16.5 Å². The van der Waals surface area contributed by atoms with Crippen molar-refractivity contribution in [1.82, 2.24) is 15.3 Å². The second-order valence-electron chi connectivity index (χ2n) is 8.47. The number of rotatable bonds is 5. The quantitative estimate of drug-likeness (QED) is 0.277. The van der Waals surface area contributed by atoms with Crippen LogP contribution < -0.4 is 16.8 Å². The highest BCUT2D eigenvalue weighted by Gasteiger charge is 2.17. The molecule has 3 aromatic carbocycles. The number of aromatic amines is 1. The molecule has 7 heteroatoms. The summed E-state index contributed by atoms with van der Waals surface area (Å²) in [5, 5.41) is 3.38. The summed E-state index contributed by atoms with van der Waals surface area (Å²) < 4.78 is 0. The molecule has 33 heavy (non-hydrogen) atoms. The fourth-order valence-corrected chi connectivity index (χ4v) is 4.33. The number of imidazole rings is 1. The SMILES string of the molecule is Cc1cc(C(N)=O)c2nc(-c3ccc(-c4cccc(N=C(N)[C@@H]5CCCN5)c4)cc3)[nH]c2c1. The average Bonchev–Trinajstić information content (AvgIpc) is 3.49. The zero-order valence-electron chi connectivity index (χ0n) is 18.4. The molecule has 6 N–H and O–H groups in total. The van der Waals surface area contributed by atoms with Crippen LogP contribution in [-0.2, 0) is 0 Å². The minimum atomic E-state index is -0.482. The number of hydrogen-bond acceptors (Lipinski definition) is 4. The fraction of sp³-hybridized carbons (Fsp3) is 0.192. The number of H-pyrrole nitrogens is 1. The van der Waals surface area contributed by atoms with Gasteiger partial charge in [-0.3, -0.25) is 4.79 Å². The first-order chi connectivity index (χ1) is 16.0. The predicted molar refractivity (Wildman–Crippen MR) is 133 cm³/mol. The summed E-state index contributed by atoms with van der Waals surface area (Å²) in [6.07, 6.45) is 2.15. The van der Waals surface area contributed by atoms with Crippen LogP contribution in [0.25, 0.3) is 33.5 Å². The van der Waals surface area contributed by atoms with Gasteiger partial charge in [-0.25, -0.2) is 9.98 Å². The Morgan fingerprint density at radius 3 is 2.55 bits per heavy atom. The average molecular weight is 439 g/mol. The molecule has 0 saturated carbocycles. The molecular formula is C26H26N6O. The van der Waals surface area contributed by atoms with Crippen molar-refractivity contribution in [3.8, 4) is 22.5 Å². The molecule has 2 heterocycles. The Morgan fingerprint density at radius 2 is 1.82 bits per heavy atom. The van der Waals surface area contributed by atoms with Gasteiger partial charge < -0.3 is 21.8 Å². The molecule has 0 unspecified atom stereocenters. The number of aryl methyl sites for hydroxylation is 1. The highest BCUT2D eigenvalue weighted by atomic mass is 16.1. The number of hydrogen-bond donors (Lipinski definition) is 4. The van der Waals surface area contributed by atoms with Crippen LogP contribution in [0.1, 0.15) is 28.8 Å². The first kappa shape index (κ1) is 20.9. The Labute approximate surface area is 191 Å². The van der Waals surface area contributed by atoms with Crippen LogP contribution in [0.2, 0.25) is 0 Å². The molecule has 7 nitrogen and oxygen atoms in total. The number of amides is 1.